The average molecular weight is 324 g/mol. The number of rotatable bonds is 9. The maximum Gasteiger partial charge on any atom is 0.530 e. The first-order valence-electron chi connectivity index (χ1n) is 5.90. The monoisotopic (exact) mass is 323 g/mol. The van der Waals surface area contributed by atoms with Crippen molar-refractivity contribution in [3.8, 4) is 5.75 Å². The van der Waals surface area contributed by atoms with Gasteiger partial charge in [-0.15, -0.1) is 11.6 Å². The molecule has 0 fully saturated rings. The molecule has 1 unspecified atom stereocenters. The van der Waals surface area contributed by atoms with Gasteiger partial charge in [0.1, 0.15) is 5.75 Å². The number of halogens is 1. The van der Waals surface area contributed by atoms with E-state index >= 15 is 0 Å². The Morgan fingerprint density at radius 2 is 1.85 bits per heavy atom. The summed E-state index contributed by atoms with van der Waals surface area (Å²) in [5.41, 5.74) is -0.0941. The van der Waals surface area contributed by atoms with Crippen LogP contribution in [0.25, 0.3) is 0 Å². The second-order valence-corrected chi connectivity index (χ2v) is 5.62. The van der Waals surface area contributed by atoms with Crippen molar-refractivity contribution in [2.24, 2.45) is 0 Å². The highest BCUT2D eigenvalue weighted by atomic mass is 35.5. The summed E-state index contributed by atoms with van der Waals surface area (Å²) in [4.78, 5) is 9.99. The maximum absolute atomic E-state index is 12.3. The van der Waals surface area contributed by atoms with Gasteiger partial charge in [0.05, 0.1) is 18.1 Å². The summed E-state index contributed by atoms with van der Waals surface area (Å²) in [5.74, 6) is 0.299. The van der Waals surface area contributed by atoms with E-state index in [2.05, 4.69) is 0 Å². The molecule has 7 nitrogen and oxygen atoms in total. The molecule has 0 saturated carbocycles. The fourth-order valence-electron chi connectivity index (χ4n) is 1.20. The van der Waals surface area contributed by atoms with Crippen molar-refractivity contribution in [2.45, 2.75) is 13.3 Å². The zero-order valence-corrected chi connectivity index (χ0v) is 12.5. The molecule has 112 valence electrons. The number of non-ortho nitro benzene ring substituents is 1. The first kappa shape index (κ1) is 16.9. The molecule has 0 amide bonds. The lowest BCUT2D eigenvalue weighted by molar-refractivity contribution is -0.384. The molecule has 1 aromatic rings. The number of phosphoric ester groups is 1. The number of nitro benzene ring substituents is 1. The number of phosphoric acid groups is 1. The quantitative estimate of drug-likeness (QED) is 0.297. The first-order chi connectivity index (χ1) is 9.50. The van der Waals surface area contributed by atoms with Gasteiger partial charge in [0.2, 0.25) is 0 Å². The van der Waals surface area contributed by atoms with Crippen molar-refractivity contribution in [3.05, 3.63) is 34.4 Å². The van der Waals surface area contributed by atoms with Gasteiger partial charge in [-0.2, -0.15) is 0 Å². The van der Waals surface area contributed by atoms with Gasteiger partial charge < -0.3 is 4.52 Å². The van der Waals surface area contributed by atoms with Gasteiger partial charge >= 0.3 is 7.82 Å². The molecule has 1 aromatic carbocycles. The highest BCUT2D eigenvalue weighted by Crippen LogP contribution is 2.49. The third kappa shape index (κ3) is 5.46. The van der Waals surface area contributed by atoms with Crippen LogP contribution in [-0.4, -0.2) is 24.0 Å². The molecule has 0 aliphatic carbocycles. The lowest BCUT2D eigenvalue weighted by Gasteiger charge is -2.17. The Morgan fingerprint density at radius 1 is 1.25 bits per heavy atom. The summed E-state index contributed by atoms with van der Waals surface area (Å²) in [6.07, 6.45) is 0.637. The van der Waals surface area contributed by atoms with E-state index < -0.39 is 12.7 Å². The SMILES string of the molecule is CCCOP(=O)(OCCCl)Oc1ccc([N+](=O)[O-])cc1. The van der Waals surface area contributed by atoms with E-state index in [-0.39, 0.29) is 30.5 Å². The summed E-state index contributed by atoms with van der Waals surface area (Å²) in [7, 11) is -3.77. The van der Waals surface area contributed by atoms with Crippen molar-refractivity contribution >= 4 is 25.1 Å². The lowest BCUT2D eigenvalue weighted by Crippen LogP contribution is -2.05. The van der Waals surface area contributed by atoms with Crippen LogP contribution in [0.15, 0.2) is 24.3 Å². The number of benzene rings is 1. The lowest BCUT2D eigenvalue weighted by atomic mass is 10.3. The van der Waals surface area contributed by atoms with Crippen LogP contribution in [0.2, 0.25) is 0 Å². The topological polar surface area (TPSA) is 87.9 Å². The van der Waals surface area contributed by atoms with Crippen LogP contribution in [0, 0.1) is 10.1 Å². The molecular weight excluding hydrogens is 309 g/mol. The maximum atomic E-state index is 12.3. The van der Waals surface area contributed by atoms with Crippen molar-refractivity contribution in [1.29, 1.82) is 0 Å². The Bertz CT molecular complexity index is 468. The van der Waals surface area contributed by atoms with Gasteiger partial charge in [-0.1, -0.05) is 6.92 Å². The fraction of sp³-hybridized carbons (Fsp3) is 0.455. The van der Waals surface area contributed by atoms with Crippen molar-refractivity contribution < 1.29 is 23.1 Å². The van der Waals surface area contributed by atoms with Gasteiger partial charge in [0, 0.05) is 18.0 Å². The minimum Gasteiger partial charge on any atom is -0.404 e. The average Bonchev–Trinajstić information content (AvgIpc) is 2.44. The van der Waals surface area contributed by atoms with Crippen LogP contribution in [0.5, 0.6) is 5.75 Å². The number of hydrogen-bond acceptors (Lipinski definition) is 6. The molecule has 9 heteroatoms. The predicted octanol–water partition coefficient (Wildman–Crippen LogP) is 3.76. The zero-order chi connectivity index (χ0) is 15.0. The molecule has 0 aliphatic heterocycles. The molecule has 0 N–H and O–H groups in total. The van der Waals surface area contributed by atoms with Gasteiger partial charge in [-0.25, -0.2) is 4.57 Å². The minimum atomic E-state index is -3.77. The molecule has 0 heterocycles. The third-order valence-electron chi connectivity index (χ3n) is 2.04. The second kappa shape index (κ2) is 8.21. The van der Waals surface area contributed by atoms with E-state index in [0.29, 0.717) is 6.42 Å². The summed E-state index contributed by atoms with van der Waals surface area (Å²) < 4.78 is 27.5. The van der Waals surface area contributed by atoms with Gasteiger partial charge in [0.25, 0.3) is 5.69 Å². The fourth-order valence-corrected chi connectivity index (χ4v) is 2.66. The Kier molecular flexibility index (Phi) is 6.95. The molecule has 0 radical (unpaired) electrons. The molecule has 0 spiro atoms. The van der Waals surface area contributed by atoms with Crippen molar-refractivity contribution in [2.75, 3.05) is 19.1 Å². The number of nitrogens with zero attached hydrogens (tertiary/aromatic N) is 1. The molecular formula is C11H15ClNO6P. The molecule has 0 aromatic heterocycles. The summed E-state index contributed by atoms with van der Waals surface area (Å²) in [5, 5.41) is 10.5. The normalized spacial score (nSPS) is 13.7. The highest BCUT2D eigenvalue weighted by molar-refractivity contribution is 7.48. The van der Waals surface area contributed by atoms with Crippen LogP contribution in [0.4, 0.5) is 5.69 Å². The standard InChI is InChI=1S/C11H15ClNO6P/c1-2-8-17-20(16,18-9-7-12)19-11-5-3-10(4-6-11)13(14)15/h3-6H,2,7-9H2,1H3. The van der Waals surface area contributed by atoms with Crippen LogP contribution in [0.3, 0.4) is 0 Å². The Labute approximate surface area is 121 Å². The van der Waals surface area contributed by atoms with E-state index in [0.717, 1.165) is 0 Å². The van der Waals surface area contributed by atoms with E-state index in [1.807, 2.05) is 6.92 Å². The van der Waals surface area contributed by atoms with Crippen LogP contribution < -0.4 is 4.52 Å². The molecule has 20 heavy (non-hydrogen) atoms. The summed E-state index contributed by atoms with van der Waals surface area (Å²) >= 11 is 5.47. The molecule has 0 saturated heterocycles. The summed E-state index contributed by atoms with van der Waals surface area (Å²) in [6.45, 7) is 2.06. The smallest absolute Gasteiger partial charge is 0.404 e. The van der Waals surface area contributed by atoms with Gasteiger partial charge in [-0.3, -0.25) is 19.2 Å². The molecule has 1 atom stereocenters. The van der Waals surface area contributed by atoms with Gasteiger partial charge in [-0.05, 0) is 18.6 Å². The number of nitro groups is 1. The number of hydrogen-bond donors (Lipinski definition) is 0. The van der Waals surface area contributed by atoms with Crippen molar-refractivity contribution in [3.63, 3.8) is 0 Å². The van der Waals surface area contributed by atoms with Crippen molar-refractivity contribution in [1.82, 2.24) is 0 Å². The largest absolute Gasteiger partial charge is 0.530 e. The van der Waals surface area contributed by atoms with Crippen LogP contribution in [-0.2, 0) is 13.6 Å². The molecule has 1 rings (SSSR count). The van der Waals surface area contributed by atoms with Crippen LogP contribution in [0.1, 0.15) is 13.3 Å². The van der Waals surface area contributed by atoms with Gasteiger partial charge in [0.15, 0.2) is 0 Å². The Morgan fingerprint density at radius 3 is 2.35 bits per heavy atom. The molecule has 0 aliphatic rings. The van der Waals surface area contributed by atoms with Crippen LogP contribution >= 0.6 is 19.4 Å². The van der Waals surface area contributed by atoms with E-state index in [1.165, 1.54) is 24.3 Å². The summed E-state index contributed by atoms with van der Waals surface area (Å²) in [6, 6.07) is 5.12. The van der Waals surface area contributed by atoms with E-state index in [9.17, 15) is 14.7 Å². The number of alkyl halides is 1. The first-order valence-corrected chi connectivity index (χ1v) is 7.89. The second-order valence-electron chi connectivity index (χ2n) is 3.64. The highest BCUT2D eigenvalue weighted by Gasteiger charge is 2.28. The Balaban J connectivity index is 2.77. The van der Waals surface area contributed by atoms with E-state index in [4.69, 9.17) is 25.2 Å². The predicted molar refractivity (Wildman–Crippen MR) is 74.2 cm³/mol. The minimum absolute atomic E-state index is 0.00945. The van der Waals surface area contributed by atoms with E-state index in [1.54, 1.807) is 0 Å². The third-order valence-corrected chi connectivity index (χ3v) is 3.63. The Hall–Kier alpha value is -1.14. The zero-order valence-electron chi connectivity index (χ0n) is 10.9. The molecule has 0 bridgehead atoms.